The van der Waals surface area contributed by atoms with E-state index in [2.05, 4.69) is 30.4 Å². The summed E-state index contributed by atoms with van der Waals surface area (Å²) in [5.41, 5.74) is 2.88. The van der Waals surface area contributed by atoms with Crippen molar-refractivity contribution in [3.63, 3.8) is 0 Å². The summed E-state index contributed by atoms with van der Waals surface area (Å²) in [6.07, 6.45) is 8.61. The zero-order valence-electron chi connectivity index (χ0n) is 12.1. The van der Waals surface area contributed by atoms with Crippen molar-refractivity contribution in [1.82, 2.24) is 5.32 Å². The molecule has 1 unspecified atom stereocenters. The second kappa shape index (κ2) is 7.34. The summed E-state index contributed by atoms with van der Waals surface area (Å²) in [5.74, 6) is 1.00. The molecule has 0 radical (unpaired) electrons. The van der Waals surface area contributed by atoms with Crippen molar-refractivity contribution in [2.75, 3.05) is 13.7 Å². The Kier molecular flexibility index (Phi) is 5.46. The number of methoxy groups -OCH3 is 1. The molecule has 0 spiro atoms. The van der Waals surface area contributed by atoms with Gasteiger partial charge in [0, 0.05) is 6.04 Å². The number of ether oxygens (including phenoxy) is 1. The fraction of sp³-hybridized carbons (Fsp3) is 0.529. The zero-order valence-corrected chi connectivity index (χ0v) is 12.1. The van der Waals surface area contributed by atoms with Gasteiger partial charge in [0.15, 0.2) is 0 Å². The minimum absolute atomic E-state index is 0.460. The van der Waals surface area contributed by atoms with Crippen molar-refractivity contribution in [1.29, 1.82) is 0 Å². The summed E-state index contributed by atoms with van der Waals surface area (Å²) in [7, 11) is 1.75. The number of hydrogen-bond donors (Lipinski definition) is 1. The lowest BCUT2D eigenvalue weighted by Gasteiger charge is -2.25. The first-order chi connectivity index (χ1) is 9.35. The molecule has 1 aliphatic carbocycles. The molecule has 1 aromatic carbocycles. The summed E-state index contributed by atoms with van der Waals surface area (Å²) in [4.78, 5) is 0. The largest absolute Gasteiger partial charge is 0.496 e. The highest BCUT2D eigenvalue weighted by atomic mass is 16.5. The van der Waals surface area contributed by atoms with Crippen LogP contribution in [0.5, 0.6) is 5.75 Å². The van der Waals surface area contributed by atoms with Crippen molar-refractivity contribution >= 4 is 0 Å². The van der Waals surface area contributed by atoms with E-state index in [1.54, 1.807) is 12.7 Å². The Balaban J connectivity index is 2.13. The van der Waals surface area contributed by atoms with Gasteiger partial charge in [-0.2, -0.15) is 0 Å². The predicted molar refractivity (Wildman–Crippen MR) is 80.7 cm³/mol. The Morgan fingerprint density at radius 2 is 2.11 bits per heavy atom. The molecule has 0 heterocycles. The van der Waals surface area contributed by atoms with Crippen molar-refractivity contribution < 1.29 is 4.74 Å². The highest BCUT2D eigenvalue weighted by Gasteiger charge is 2.17. The van der Waals surface area contributed by atoms with E-state index in [9.17, 15) is 0 Å². The Bertz CT molecular complexity index is 425. The number of likely N-dealkylation sites (N-methyl/N-ethyl adjacent to an activating group) is 1. The van der Waals surface area contributed by atoms with Crippen LogP contribution in [0.3, 0.4) is 0 Å². The van der Waals surface area contributed by atoms with E-state index in [0.717, 1.165) is 18.7 Å². The van der Waals surface area contributed by atoms with Crippen LogP contribution in [0.15, 0.2) is 35.9 Å². The van der Waals surface area contributed by atoms with Gasteiger partial charge >= 0.3 is 0 Å². The molecular weight excluding hydrogens is 234 g/mol. The maximum Gasteiger partial charge on any atom is 0.122 e. The minimum Gasteiger partial charge on any atom is -0.496 e. The van der Waals surface area contributed by atoms with E-state index in [4.69, 9.17) is 4.74 Å². The van der Waals surface area contributed by atoms with Crippen LogP contribution in [0.1, 0.15) is 38.2 Å². The quantitative estimate of drug-likeness (QED) is 0.786. The van der Waals surface area contributed by atoms with Gasteiger partial charge in [0.25, 0.3) is 0 Å². The molecule has 0 amide bonds. The molecule has 19 heavy (non-hydrogen) atoms. The van der Waals surface area contributed by atoms with E-state index >= 15 is 0 Å². The number of benzene rings is 1. The number of para-hydroxylation sites is 1. The van der Waals surface area contributed by atoms with Gasteiger partial charge in [-0.25, -0.2) is 0 Å². The molecule has 2 heteroatoms. The number of nitrogens with one attached hydrogen (secondary N) is 1. The lowest BCUT2D eigenvalue weighted by atomic mass is 9.90. The summed E-state index contributed by atoms with van der Waals surface area (Å²) >= 11 is 0. The molecule has 1 atom stereocenters. The average molecular weight is 259 g/mol. The third-order valence-corrected chi connectivity index (χ3v) is 3.84. The van der Waals surface area contributed by atoms with E-state index in [-0.39, 0.29) is 0 Å². The lowest BCUT2D eigenvalue weighted by Crippen LogP contribution is -2.33. The highest BCUT2D eigenvalue weighted by molar-refractivity contribution is 5.35. The van der Waals surface area contributed by atoms with Crippen LogP contribution in [0.2, 0.25) is 0 Å². The zero-order chi connectivity index (χ0) is 13.5. The molecule has 0 aliphatic heterocycles. The molecule has 1 aromatic rings. The van der Waals surface area contributed by atoms with E-state index in [1.165, 1.54) is 31.2 Å². The van der Waals surface area contributed by atoms with Crippen molar-refractivity contribution in [3.8, 4) is 5.75 Å². The SMILES string of the molecule is CCNC(Cc1ccccc1OC)C1=CCCCC1. The van der Waals surface area contributed by atoms with Gasteiger partial charge in [0.05, 0.1) is 7.11 Å². The van der Waals surface area contributed by atoms with Crippen molar-refractivity contribution in [2.24, 2.45) is 0 Å². The van der Waals surface area contributed by atoms with Crippen LogP contribution in [-0.2, 0) is 6.42 Å². The second-order valence-corrected chi connectivity index (χ2v) is 5.15. The topological polar surface area (TPSA) is 21.3 Å². The number of allylic oxidation sites excluding steroid dienone is 1. The average Bonchev–Trinajstić information content (AvgIpc) is 2.48. The van der Waals surface area contributed by atoms with Crippen LogP contribution in [-0.4, -0.2) is 19.7 Å². The molecule has 0 fully saturated rings. The smallest absolute Gasteiger partial charge is 0.122 e. The van der Waals surface area contributed by atoms with E-state index < -0.39 is 0 Å². The van der Waals surface area contributed by atoms with Gasteiger partial charge in [0.1, 0.15) is 5.75 Å². The standard InChI is InChI=1S/C17H25NO/c1-3-18-16(14-9-5-4-6-10-14)13-15-11-7-8-12-17(15)19-2/h7-9,11-12,16,18H,3-6,10,13H2,1-2H3. The minimum atomic E-state index is 0.460. The Labute approximate surface area is 116 Å². The Morgan fingerprint density at radius 1 is 1.26 bits per heavy atom. The van der Waals surface area contributed by atoms with Crippen molar-refractivity contribution in [3.05, 3.63) is 41.5 Å². The molecule has 2 nitrogen and oxygen atoms in total. The molecule has 0 saturated carbocycles. The van der Waals surface area contributed by atoms with E-state index in [0.29, 0.717) is 6.04 Å². The van der Waals surface area contributed by atoms with E-state index in [1.807, 2.05) is 12.1 Å². The van der Waals surface area contributed by atoms with Crippen LogP contribution >= 0.6 is 0 Å². The van der Waals surface area contributed by atoms with Gasteiger partial charge in [-0.1, -0.05) is 36.8 Å². The molecular formula is C17H25NO. The van der Waals surface area contributed by atoms with Gasteiger partial charge in [-0.05, 0) is 50.3 Å². The summed E-state index contributed by atoms with van der Waals surface area (Å²) < 4.78 is 5.46. The molecule has 0 saturated heterocycles. The molecule has 104 valence electrons. The Hall–Kier alpha value is -1.28. The Morgan fingerprint density at radius 3 is 2.79 bits per heavy atom. The normalized spacial score (nSPS) is 16.8. The molecule has 1 aliphatic rings. The van der Waals surface area contributed by atoms with Gasteiger partial charge < -0.3 is 10.1 Å². The molecule has 0 bridgehead atoms. The van der Waals surface area contributed by atoms with Crippen molar-refractivity contribution in [2.45, 2.75) is 45.1 Å². The first kappa shape index (κ1) is 14.1. The third-order valence-electron chi connectivity index (χ3n) is 3.84. The second-order valence-electron chi connectivity index (χ2n) is 5.15. The maximum absolute atomic E-state index is 5.46. The van der Waals surface area contributed by atoms with Crippen LogP contribution in [0.4, 0.5) is 0 Å². The highest BCUT2D eigenvalue weighted by Crippen LogP contribution is 2.25. The van der Waals surface area contributed by atoms with Gasteiger partial charge in [-0.15, -0.1) is 0 Å². The van der Waals surface area contributed by atoms with Crippen LogP contribution in [0, 0.1) is 0 Å². The number of hydrogen-bond acceptors (Lipinski definition) is 2. The molecule has 2 rings (SSSR count). The first-order valence-corrected chi connectivity index (χ1v) is 7.39. The summed E-state index contributed by atoms with van der Waals surface area (Å²) in [6, 6.07) is 8.81. The van der Waals surface area contributed by atoms with Crippen LogP contribution < -0.4 is 10.1 Å². The first-order valence-electron chi connectivity index (χ1n) is 7.39. The molecule has 0 aromatic heterocycles. The van der Waals surface area contributed by atoms with Gasteiger partial charge in [-0.3, -0.25) is 0 Å². The fourth-order valence-corrected chi connectivity index (χ4v) is 2.85. The summed E-state index contributed by atoms with van der Waals surface area (Å²) in [6.45, 7) is 3.19. The lowest BCUT2D eigenvalue weighted by molar-refractivity contribution is 0.406. The number of rotatable bonds is 6. The maximum atomic E-state index is 5.46. The van der Waals surface area contributed by atoms with Gasteiger partial charge in [0.2, 0.25) is 0 Å². The predicted octanol–water partition coefficient (Wildman–Crippen LogP) is 3.72. The van der Waals surface area contributed by atoms with Crippen LogP contribution in [0.25, 0.3) is 0 Å². The third kappa shape index (κ3) is 3.84. The summed E-state index contributed by atoms with van der Waals surface area (Å²) in [5, 5.41) is 3.63. The fourth-order valence-electron chi connectivity index (χ4n) is 2.85. The monoisotopic (exact) mass is 259 g/mol. The molecule has 1 N–H and O–H groups in total.